The van der Waals surface area contributed by atoms with Crippen LogP contribution in [0.15, 0.2) is 82.6 Å². The number of rotatable bonds is 11. The fraction of sp³-hybridized carbons (Fsp3) is 0.296. The van der Waals surface area contributed by atoms with E-state index in [0.717, 1.165) is 5.56 Å². The van der Waals surface area contributed by atoms with Gasteiger partial charge in [0.15, 0.2) is 0 Å². The molecule has 0 unspecified atom stereocenters. The van der Waals surface area contributed by atoms with Crippen LogP contribution in [0.3, 0.4) is 0 Å². The van der Waals surface area contributed by atoms with Crippen molar-refractivity contribution in [2.75, 3.05) is 33.4 Å². The van der Waals surface area contributed by atoms with Gasteiger partial charge in [0.25, 0.3) is 0 Å². The number of morpholine rings is 1. The molecule has 3 aromatic carbocycles. The molecule has 10 nitrogen and oxygen atoms in total. The van der Waals surface area contributed by atoms with Crippen molar-refractivity contribution in [2.45, 2.75) is 28.8 Å². The van der Waals surface area contributed by atoms with Crippen molar-refractivity contribution in [1.82, 2.24) is 14.3 Å². The Morgan fingerprint density at radius 1 is 0.950 bits per heavy atom. The first-order chi connectivity index (χ1) is 19.1. The Bertz CT molecular complexity index is 1530. The highest BCUT2D eigenvalue weighted by Crippen LogP contribution is 2.27. The van der Waals surface area contributed by atoms with Gasteiger partial charge in [0.2, 0.25) is 26.0 Å². The van der Waals surface area contributed by atoms with Gasteiger partial charge in [-0.15, -0.1) is 0 Å². The molecule has 1 amide bonds. The van der Waals surface area contributed by atoms with Crippen molar-refractivity contribution in [1.29, 1.82) is 0 Å². The third-order valence-electron chi connectivity index (χ3n) is 6.33. The van der Waals surface area contributed by atoms with E-state index >= 15 is 0 Å². The third-order valence-corrected chi connectivity index (χ3v) is 10.0. The predicted molar refractivity (Wildman–Crippen MR) is 150 cm³/mol. The van der Waals surface area contributed by atoms with Crippen LogP contribution in [0.5, 0.6) is 5.75 Å². The van der Waals surface area contributed by atoms with Gasteiger partial charge in [-0.3, -0.25) is 4.79 Å². The smallest absolute Gasteiger partial charge is 0.243 e. The van der Waals surface area contributed by atoms with Gasteiger partial charge in [-0.1, -0.05) is 54.1 Å². The number of benzene rings is 3. The molecule has 0 aliphatic carbocycles. The molecule has 0 radical (unpaired) electrons. The summed E-state index contributed by atoms with van der Waals surface area (Å²) in [6.45, 7) is 1.35. The number of hydrogen-bond donors (Lipinski definition) is 2. The molecule has 2 N–H and O–H groups in total. The number of methoxy groups -OCH3 is 1. The van der Waals surface area contributed by atoms with Gasteiger partial charge >= 0.3 is 0 Å². The molecule has 13 heteroatoms. The lowest BCUT2D eigenvalue weighted by Crippen LogP contribution is -2.47. The number of carbonyl (C=O) groups excluding carboxylic acids is 1. The number of amides is 1. The highest BCUT2D eigenvalue weighted by molar-refractivity contribution is 7.89. The lowest BCUT2D eigenvalue weighted by Gasteiger charge is -2.26. The van der Waals surface area contributed by atoms with Gasteiger partial charge in [-0.2, -0.15) is 9.03 Å². The molecule has 3 aromatic rings. The maximum absolute atomic E-state index is 13.2. The standard InChI is InChI=1S/C27H30ClN3O7S2/c1-37-26-12-11-23(18-24(26)28)39(33,34)30-25(17-20-5-3-2-4-6-20)27(32)29-19-21-7-9-22(10-8-21)40(35,36)31-13-15-38-16-14-31/h2-12,18,25,30H,13-17,19H2,1H3,(H,29,32)/t25-/m1/s1. The summed E-state index contributed by atoms with van der Waals surface area (Å²) in [6.07, 6.45) is 0.104. The minimum Gasteiger partial charge on any atom is -0.495 e. The highest BCUT2D eigenvalue weighted by atomic mass is 35.5. The summed E-state index contributed by atoms with van der Waals surface area (Å²) in [4.78, 5) is 13.3. The van der Waals surface area contributed by atoms with Gasteiger partial charge in [0.05, 0.1) is 35.1 Å². The SMILES string of the molecule is COc1ccc(S(=O)(=O)N[C@H](Cc2ccccc2)C(=O)NCc2ccc(S(=O)(=O)N3CCOCC3)cc2)cc1Cl. The Hall–Kier alpha value is -3.00. The molecule has 1 heterocycles. The first kappa shape index (κ1) is 30.0. The number of sulfonamides is 2. The fourth-order valence-corrected chi connectivity index (χ4v) is 7.09. The summed E-state index contributed by atoms with van der Waals surface area (Å²) < 4.78 is 66.2. The molecule has 1 aliphatic heterocycles. The van der Waals surface area contributed by atoms with Crippen molar-refractivity contribution in [3.63, 3.8) is 0 Å². The molecule has 0 bridgehead atoms. The normalized spacial score (nSPS) is 15.3. The van der Waals surface area contributed by atoms with Crippen LogP contribution in [0.1, 0.15) is 11.1 Å². The summed E-state index contributed by atoms with van der Waals surface area (Å²) >= 11 is 6.12. The second-order valence-electron chi connectivity index (χ2n) is 9.04. The van der Waals surface area contributed by atoms with Crippen LogP contribution in [0.2, 0.25) is 5.02 Å². The topological polar surface area (TPSA) is 131 Å². The van der Waals surface area contributed by atoms with E-state index in [4.69, 9.17) is 21.1 Å². The predicted octanol–water partition coefficient (Wildman–Crippen LogP) is 2.58. The Morgan fingerprint density at radius 2 is 1.60 bits per heavy atom. The minimum absolute atomic E-state index is 0.0676. The second-order valence-corrected chi connectivity index (χ2v) is 13.1. The zero-order chi connectivity index (χ0) is 28.8. The zero-order valence-corrected chi connectivity index (χ0v) is 24.1. The van der Waals surface area contributed by atoms with Crippen molar-refractivity contribution < 1.29 is 31.1 Å². The van der Waals surface area contributed by atoms with Crippen LogP contribution in [0, 0.1) is 0 Å². The molecule has 40 heavy (non-hydrogen) atoms. The molecule has 1 aliphatic rings. The first-order valence-electron chi connectivity index (χ1n) is 12.4. The molecule has 1 fully saturated rings. The number of ether oxygens (including phenoxy) is 2. The Kier molecular flexibility index (Phi) is 9.82. The highest BCUT2D eigenvalue weighted by Gasteiger charge is 2.28. The molecular formula is C27H30ClN3O7S2. The molecular weight excluding hydrogens is 578 g/mol. The zero-order valence-electron chi connectivity index (χ0n) is 21.7. The fourth-order valence-electron chi connectivity index (χ4n) is 4.13. The average Bonchev–Trinajstić information content (AvgIpc) is 2.96. The van der Waals surface area contributed by atoms with Gasteiger partial charge in [-0.25, -0.2) is 16.8 Å². The maximum Gasteiger partial charge on any atom is 0.243 e. The van der Waals surface area contributed by atoms with Crippen LogP contribution < -0.4 is 14.8 Å². The number of carbonyl (C=O) groups is 1. The maximum atomic E-state index is 13.2. The largest absolute Gasteiger partial charge is 0.495 e. The van der Waals surface area contributed by atoms with Gasteiger partial charge in [-0.05, 0) is 47.9 Å². The Labute approximate surface area is 239 Å². The quantitative estimate of drug-likeness (QED) is 0.342. The van der Waals surface area contributed by atoms with Crippen LogP contribution in [0.4, 0.5) is 0 Å². The summed E-state index contributed by atoms with van der Waals surface area (Å²) in [5.74, 6) is -0.222. The van der Waals surface area contributed by atoms with E-state index in [2.05, 4.69) is 10.0 Å². The van der Waals surface area contributed by atoms with Crippen LogP contribution >= 0.6 is 11.6 Å². The summed E-state index contributed by atoms with van der Waals surface area (Å²) in [6, 6.07) is 18.1. The summed E-state index contributed by atoms with van der Waals surface area (Å²) in [7, 11) is -6.34. The van der Waals surface area contributed by atoms with Crippen molar-refractivity contribution in [2.24, 2.45) is 0 Å². The van der Waals surface area contributed by atoms with E-state index < -0.39 is 32.0 Å². The number of nitrogens with zero attached hydrogens (tertiary/aromatic N) is 1. The monoisotopic (exact) mass is 607 g/mol. The number of hydrogen-bond acceptors (Lipinski definition) is 7. The van der Waals surface area contributed by atoms with E-state index in [1.54, 1.807) is 36.4 Å². The average molecular weight is 608 g/mol. The van der Waals surface area contributed by atoms with E-state index in [-0.39, 0.29) is 27.8 Å². The summed E-state index contributed by atoms with van der Waals surface area (Å²) in [5, 5.41) is 2.88. The molecule has 0 spiro atoms. The molecule has 214 valence electrons. The van der Waals surface area contributed by atoms with Gasteiger partial charge in [0.1, 0.15) is 11.8 Å². The van der Waals surface area contributed by atoms with Gasteiger partial charge < -0.3 is 14.8 Å². The van der Waals surface area contributed by atoms with E-state index in [1.165, 1.54) is 41.7 Å². The van der Waals surface area contributed by atoms with Crippen LogP contribution in [-0.2, 0) is 42.5 Å². The molecule has 1 atom stereocenters. The van der Waals surface area contributed by atoms with Crippen molar-refractivity contribution >= 4 is 37.6 Å². The van der Waals surface area contributed by atoms with Crippen molar-refractivity contribution in [3.8, 4) is 5.75 Å². The number of halogens is 1. The lowest BCUT2D eigenvalue weighted by molar-refractivity contribution is -0.122. The summed E-state index contributed by atoms with van der Waals surface area (Å²) in [5.41, 5.74) is 1.41. The molecule has 0 aromatic heterocycles. The second kappa shape index (κ2) is 13.1. The molecule has 4 rings (SSSR count). The molecule has 1 saturated heterocycles. The third kappa shape index (κ3) is 7.39. The minimum atomic E-state index is -4.12. The van der Waals surface area contributed by atoms with E-state index in [0.29, 0.717) is 37.6 Å². The van der Waals surface area contributed by atoms with Crippen LogP contribution in [-0.4, -0.2) is 66.5 Å². The first-order valence-corrected chi connectivity index (χ1v) is 15.7. The molecule has 0 saturated carbocycles. The Balaban J connectivity index is 1.47. The van der Waals surface area contributed by atoms with E-state index in [9.17, 15) is 21.6 Å². The van der Waals surface area contributed by atoms with Crippen LogP contribution in [0.25, 0.3) is 0 Å². The van der Waals surface area contributed by atoms with E-state index in [1.807, 2.05) is 6.07 Å². The van der Waals surface area contributed by atoms with Gasteiger partial charge in [0, 0.05) is 19.6 Å². The lowest BCUT2D eigenvalue weighted by atomic mass is 10.1. The number of nitrogens with one attached hydrogen (secondary N) is 2. The van der Waals surface area contributed by atoms with Crippen molar-refractivity contribution in [3.05, 3.63) is 88.9 Å². The Morgan fingerprint density at radius 3 is 2.23 bits per heavy atom.